The van der Waals surface area contributed by atoms with E-state index in [9.17, 15) is 13.2 Å². The number of nitrogens with one attached hydrogen (secondary N) is 3. The predicted octanol–water partition coefficient (Wildman–Crippen LogP) is 2.95. The average molecular weight is 441 g/mol. The fourth-order valence-electron chi connectivity index (χ4n) is 2.23. The molecule has 1 aromatic rings. The van der Waals surface area contributed by atoms with Crippen LogP contribution < -0.4 is 16.0 Å². The molecule has 3 N–H and O–H groups in total. The Morgan fingerprint density at radius 3 is 2.17 bits per heavy atom. The lowest BCUT2D eigenvalue weighted by molar-refractivity contribution is 0.0636. The maximum absolute atomic E-state index is 11.8. The number of hydrogen-bond donors (Lipinski definition) is 3. The molecule has 9 heteroatoms. The van der Waals surface area contributed by atoms with Crippen molar-refractivity contribution in [3.8, 4) is 0 Å². The van der Waals surface area contributed by atoms with Gasteiger partial charge in [0.05, 0.1) is 11.3 Å². The van der Waals surface area contributed by atoms with Crippen LogP contribution in [-0.4, -0.2) is 56.7 Å². The van der Waals surface area contributed by atoms with Crippen LogP contribution in [0.1, 0.15) is 47.1 Å². The summed E-state index contributed by atoms with van der Waals surface area (Å²) >= 11 is 0. The topological polar surface area (TPSA) is 109 Å². The van der Waals surface area contributed by atoms with Gasteiger partial charge in [0.15, 0.2) is 15.8 Å². The molecule has 0 heterocycles. The Bertz CT molecular complexity index is 826. The summed E-state index contributed by atoms with van der Waals surface area (Å²) < 4.78 is 28.0. The summed E-state index contributed by atoms with van der Waals surface area (Å²) in [4.78, 5) is 16.2. The Balaban J connectivity index is 2.59. The van der Waals surface area contributed by atoms with Crippen molar-refractivity contribution in [2.45, 2.75) is 58.3 Å². The summed E-state index contributed by atoms with van der Waals surface area (Å²) in [5, 5.41) is 9.05. The number of hydrogen-bond acceptors (Lipinski definition) is 5. The normalized spacial score (nSPS) is 13.0. The highest BCUT2D eigenvalue weighted by atomic mass is 32.2. The van der Waals surface area contributed by atoms with Crippen LogP contribution >= 0.6 is 0 Å². The fourth-order valence-corrected chi connectivity index (χ4v) is 2.53. The molecule has 30 heavy (non-hydrogen) atoms. The van der Waals surface area contributed by atoms with E-state index >= 15 is 0 Å². The number of sulfone groups is 1. The maximum atomic E-state index is 11.8. The van der Waals surface area contributed by atoms with Crippen molar-refractivity contribution in [1.82, 2.24) is 10.6 Å². The highest BCUT2D eigenvalue weighted by Crippen LogP contribution is 2.15. The van der Waals surface area contributed by atoms with Crippen LogP contribution in [0.15, 0.2) is 29.3 Å². The zero-order valence-electron chi connectivity index (χ0n) is 19.1. The molecule has 0 aromatic heterocycles. The second-order valence-electron chi connectivity index (χ2n) is 8.73. The molecule has 0 unspecified atom stereocenters. The summed E-state index contributed by atoms with van der Waals surface area (Å²) in [7, 11) is -3.20. The number of benzene rings is 1. The van der Waals surface area contributed by atoms with E-state index in [-0.39, 0.29) is 6.54 Å². The Labute approximate surface area is 180 Å². The van der Waals surface area contributed by atoms with E-state index in [0.717, 1.165) is 12.0 Å². The van der Waals surface area contributed by atoms with Crippen molar-refractivity contribution in [2.75, 3.05) is 31.2 Å². The van der Waals surface area contributed by atoms with Gasteiger partial charge in [0.1, 0.15) is 5.60 Å². The number of anilines is 1. The monoisotopic (exact) mass is 440 g/mol. The third-order valence-corrected chi connectivity index (χ3v) is 6.41. The van der Waals surface area contributed by atoms with Crippen LogP contribution in [0.2, 0.25) is 0 Å². The zero-order valence-corrected chi connectivity index (χ0v) is 19.9. The minimum atomic E-state index is -3.20. The van der Waals surface area contributed by atoms with Gasteiger partial charge in [0.2, 0.25) is 0 Å². The first-order chi connectivity index (χ1) is 13.7. The highest BCUT2D eigenvalue weighted by molar-refractivity contribution is 7.92. The third-order valence-electron chi connectivity index (χ3n) is 4.27. The number of rotatable bonds is 8. The third kappa shape index (κ3) is 9.47. The molecule has 0 bridgehead atoms. The number of nitrogens with zero attached hydrogens (tertiary/aromatic N) is 1. The van der Waals surface area contributed by atoms with E-state index in [4.69, 9.17) is 4.74 Å². The van der Waals surface area contributed by atoms with Crippen molar-refractivity contribution < 1.29 is 17.9 Å². The summed E-state index contributed by atoms with van der Waals surface area (Å²) in [6, 6.07) is 7.52. The standard InChI is InChI=1S/C21H36N4O4S/c1-8-22-18(24-15-21(5,6)30(7,27)28)23-14-13-16-9-11-17(12-10-16)25-19(26)29-20(2,3)4/h9-12H,8,13-15H2,1-7H3,(H,25,26)(H2,22,23,24). The number of ether oxygens (including phenoxy) is 1. The van der Waals surface area contributed by atoms with Gasteiger partial charge in [-0.25, -0.2) is 13.2 Å². The van der Waals surface area contributed by atoms with E-state index in [0.29, 0.717) is 24.7 Å². The molecule has 0 spiro atoms. The lowest BCUT2D eigenvalue weighted by Gasteiger charge is -2.21. The molecule has 0 aliphatic carbocycles. The number of guanidine groups is 1. The first-order valence-corrected chi connectivity index (χ1v) is 11.9. The molecule has 170 valence electrons. The van der Waals surface area contributed by atoms with E-state index in [1.165, 1.54) is 6.26 Å². The smallest absolute Gasteiger partial charge is 0.412 e. The van der Waals surface area contributed by atoms with Crippen LogP contribution in [0, 0.1) is 0 Å². The maximum Gasteiger partial charge on any atom is 0.412 e. The largest absolute Gasteiger partial charge is 0.444 e. The van der Waals surface area contributed by atoms with Crippen LogP contribution in [0.3, 0.4) is 0 Å². The molecule has 1 amide bonds. The molecule has 0 aliphatic rings. The average Bonchev–Trinajstić information content (AvgIpc) is 2.58. The Morgan fingerprint density at radius 1 is 1.07 bits per heavy atom. The molecule has 0 aliphatic heterocycles. The molecule has 8 nitrogen and oxygen atoms in total. The first-order valence-electron chi connectivity index (χ1n) is 10.0. The molecule has 1 rings (SSSR count). The number of amides is 1. The van der Waals surface area contributed by atoms with Crippen molar-refractivity contribution in [2.24, 2.45) is 4.99 Å². The van der Waals surface area contributed by atoms with E-state index in [1.807, 2.05) is 52.0 Å². The van der Waals surface area contributed by atoms with E-state index in [1.54, 1.807) is 13.8 Å². The van der Waals surface area contributed by atoms with Gasteiger partial charge in [-0.2, -0.15) is 0 Å². The Morgan fingerprint density at radius 2 is 1.67 bits per heavy atom. The number of carbonyl (C=O) groups excluding carboxylic acids is 1. The Kier molecular flexibility index (Phi) is 9.14. The van der Waals surface area contributed by atoms with Gasteiger partial charge in [-0.15, -0.1) is 0 Å². The van der Waals surface area contributed by atoms with Gasteiger partial charge in [-0.1, -0.05) is 12.1 Å². The number of aliphatic imine (C=N–C) groups is 1. The second kappa shape index (κ2) is 10.7. The molecule has 0 saturated carbocycles. The van der Waals surface area contributed by atoms with E-state index in [2.05, 4.69) is 20.9 Å². The van der Waals surface area contributed by atoms with Crippen LogP contribution in [0.5, 0.6) is 0 Å². The van der Waals surface area contributed by atoms with Crippen LogP contribution in [0.4, 0.5) is 10.5 Å². The van der Waals surface area contributed by atoms with Gasteiger partial charge >= 0.3 is 6.09 Å². The molecular formula is C21H36N4O4S. The number of carbonyl (C=O) groups is 1. The van der Waals surface area contributed by atoms with Gasteiger partial charge in [0.25, 0.3) is 0 Å². The van der Waals surface area contributed by atoms with Crippen molar-refractivity contribution in [3.63, 3.8) is 0 Å². The molecule has 0 radical (unpaired) electrons. The first kappa shape index (κ1) is 25.7. The highest BCUT2D eigenvalue weighted by Gasteiger charge is 2.29. The lowest BCUT2D eigenvalue weighted by atomic mass is 10.1. The van der Waals surface area contributed by atoms with Crippen molar-refractivity contribution in [3.05, 3.63) is 29.8 Å². The molecule has 0 fully saturated rings. The minimum Gasteiger partial charge on any atom is -0.444 e. The van der Waals surface area contributed by atoms with Gasteiger partial charge in [0, 0.05) is 25.0 Å². The van der Waals surface area contributed by atoms with Gasteiger partial charge in [-0.3, -0.25) is 10.3 Å². The molecule has 1 aromatic carbocycles. The summed E-state index contributed by atoms with van der Waals surface area (Å²) in [5.41, 5.74) is 1.21. The van der Waals surface area contributed by atoms with Gasteiger partial charge < -0.3 is 15.4 Å². The van der Waals surface area contributed by atoms with Crippen LogP contribution in [-0.2, 0) is 21.0 Å². The fraction of sp³-hybridized carbons (Fsp3) is 0.619. The summed E-state index contributed by atoms with van der Waals surface area (Å²) in [6.45, 7) is 12.2. The SMILES string of the molecule is CCNC(=NCC(C)(C)S(C)(=O)=O)NCCc1ccc(NC(=O)OC(C)(C)C)cc1. The zero-order chi connectivity index (χ0) is 23.0. The summed E-state index contributed by atoms with van der Waals surface area (Å²) in [6.07, 6.45) is 1.48. The molecule has 0 saturated heterocycles. The minimum absolute atomic E-state index is 0.173. The lowest BCUT2D eigenvalue weighted by Crippen LogP contribution is -2.41. The van der Waals surface area contributed by atoms with Gasteiger partial charge in [-0.05, 0) is 65.7 Å². The van der Waals surface area contributed by atoms with Crippen molar-refractivity contribution >= 4 is 27.6 Å². The Hall–Kier alpha value is -2.29. The van der Waals surface area contributed by atoms with Crippen LogP contribution in [0.25, 0.3) is 0 Å². The molecule has 0 atom stereocenters. The second-order valence-corrected chi connectivity index (χ2v) is 11.4. The summed E-state index contributed by atoms with van der Waals surface area (Å²) in [5.74, 6) is 0.581. The molecular weight excluding hydrogens is 404 g/mol. The quantitative estimate of drug-likeness (QED) is 0.424. The van der Waals surface area contributed by atoms with Crippen molar-refractivity contribution in [1.29, 1.82) is 0 Å². The predicted molar refractivity (Wildman–Crippen MR) is 123 cm³/mol. The van der Waals surface area contributed by atoms with E-state index < -0.39 is 26.3 Å².